The third-order valence-corrected chi connectivity index (χ3v) is 2.77. The van der Waals surface area contributed by atoms with Crippen LogP contribution in [-0.2, 0) is 0 Å². The minimum absolute atomic E-state index is 0.264. The molecule has 0 bridgehead atoms. The Hall–Kier alpha value is -1.82. The summed E-state index contributed by atoms with van der Waals surface area (Å²) in [5.74, 6) is 0.0299. The molecule has 0 atom stereocenters. The zero-order chi connectivity index (χ0) is 12.4. The monoisotopic (exact) mass is 294 g/mol. The lowest BCUT2D eigenvalue weighted by Gasteiger charge is -2.07. The number of nitrogen functional groups attached to an aromatic ring is 1. The van der Waals surface area contributed by atoms with E-state index in [0.717, 1.165) is 15.7 Å². The molecule has 0 aliphatic carbocycles. The van der Waals surface area contributed by atoms with E-state index in [-0.39, 0.29) is 5.91 Å². The van der Waals surface area contributed by atoms with Crippen molar-refractivity contribution in [3.05, 3.63) is 40.0 Å². The lowest BCUT2D eigenvalue weighted by Crippen LogP contribution is -2.13. The second kappa shape index (κ2) is 4.58. The number of nitrogens with one attached hydrogen (secondary N) is 2. The predicted molar refractivity (Wildman–Crippen MR) is 69.8 cm³/mol. The van der Waals surface area contributed by atoms with E-state index in [1.807, 2.05) is 25.1 Å². The van der Waals surface area contributed by atoms with Crippen molar-refractivity contribution in [2.24, 2.45) is 0 Å². The first-order valence-corrected chi connectivity index (χ1v) is 5.74. The van der Waals surface area contributed by atoms with Crippen LogP contribution in [0.3, 0.4) is 0 Å². The fourth-order valence-electron chi connectivity index (χ4n) is 1.41. The predicted octanol–water partition coefficient (Wildman–Crippen LogP) is 2.32. The van der Waals surface area contributed by atoms with Crippen LogP contribution >= 0.6 is 15.9 Å². The van der Waals surface area contributed by atoms with E-state index in [1.165, 1.54) is 6.07 Å². The second-order valence-corrected chi connectivity index (χ2v) is 4.54. The number of rotatable bonds is 2. The summed E-state index contributed by atoms with van der Waals surface area (Å²) in [7, 11) is 0. The molecule has 1 amide bonds. The summed E-state index contributed by atoms with van der Waals surface area (Å²) in [6.07, 6.45) is 0. The van der Waals surface area contributed by atoms with Crippen molar-refractivity contribution < 1.29 is 4.79 Å². The van der Waals surface area contributed by atoms with Gasteiger partial charge in [-0.05, 0) is 30.7 Å². The van der Waals surface area contributed by atoms with E-state index in [1.54, 1.807) is 0 Å². The van der Waals surface area contributed by atoms with Gasteiger partial charge in [-0.3, -0.25) is 9.89 Å². The zero-order valence-electron chi connectivity index (χ0n) is 9.12. The number of halogens is 1. The Balaban J connectivity index is 2.18. The third kappa shape index (κ3) is 2.65. The first-order chi connectivity index (χ1) is 8.06. The molecule has 2 aromatic rings. The van der Waals surface area contributed by atoms with E-state index >= 15 is 0 Å². The lowest BCUT2D eigenvalue weighted by molar-refractivity contribution is 0.102. The van der Waals surface area contributed by atoms with Crippen LogP contribution in [-0.4, -0.2) is 16.1 Å². The average molecular weight is 295 g/mol. The molecule has 1 heterocycles. The van der Waals surface area contributed by atoms with Crippen molar-refractivity contribution in [1.82, 2.24) is 10.2 Å². The maximum Gasteiger partial charge on any atom is 0.273 e. The number of carbonyl (C=O) groups excluding carboxylic acids is 1. The molecule has 0 saturated heterocycles. The number of aromatic amines is 1. The summed E-state index contributed by atoms with van der Waals surface area (Å²) in [5, 5.41) is 9.04. The van der Waals surface area contributed by atoms with Gasteiger partial charge >= 0.3 is 0 Å². The number of carbonyl (C=O) groups is 1. The highest BCUT2D eigenvalue weighted by molar-refractivity contribution is 9.10. The molecule has 1 aromatic heterocycles. The largest absolute Gasteiger partial charge is 0.382 e. The summed E-state index contributed by atoms with van der Waals surface area (Å²) in [6.45, 7) is 1.92. The molecular weight excluding hydrogens is 284 g/mol. The summed E-state index contributed by atoms with van der Waals surface area (Å²) >= 11 is 3.37. The highest BCUT2D eigenvalue weighted by atomic mass is 79.9. The van der Waals surface area contributed by atoms with Gasteiger partial charge in [0.1, 0.15) is 11.5 Å². The number of anilines is 2. The Labute approximate surface area is 107 Å². The van der Waals surface area contributed by atoms with Crippen LogP contribution in [0.5, 0.6) is 0 Å². The number of hydrogen-bond donors (Lipinski definition) is 3. The van der Waals surface area contributed by atoms with Crippen LogP contribution in [0, 0.1) is 6.92 Å². The van der Waals surface area contributed by atoms with Crippen molar-refractivity contribution in [2.45, 2.75) is 6.92 Å². The van der Waals surface area contributed by atoms with Gasteiger partial charge in [0.2, 0.25) is 0 Å². The van der Waals surface area contributed by atoms with E-state index < -0.39 is 0 Å². The number of H-pyrrole nitrogens is 1. The molecule has 6 heteroatoms. The van der Waals surface area contributed by atoms with Gasteiger partial charge in [-0.15, -0.1) is 0 Å². The topological polar surface area (TPSA) is 83.8 Å². The summed E-state index contributed by atoms with van der Waals surface area (Å²) in [4.78, 5) is 11.8. The van der Waals surface area contributed by atoms with Crippen molar-refractivity contribution in [3.8, 4) is 0 Å². The molecule has 0 spiro atoms. The lowest BCUT2D eigenvalue weighted by atomic mass is 10.2. The summed E-state index contributed by atoms with van der Waals surface area (Å²) in [5.41, 5.74) is 7.50. The van der Waals surface area contributed by atoms with Crippen LogP contribution in [0.25, 0.3) is 0 Å². The molecule has 2 rings (SSSR count). The first kappa shape index (κ1) is 11.7. The van der Waals surface area contributed by atoms with Gasteiger partial charge in [-0.1, -0.05) is 15.9 Å². The second-order valence-electron chi connectivity index (χ2n) is 3.62. The third-order valence-electron chi connectivity index (χ3n) is 2.28. The van der Waals surface area contributed by atoms with Crippen LogP contribution in [0.2, 0.25) is 0 Å². The molecule has 0 unspecified atom stereocenters. The van der Waals surface area contributed by atoms with E-state index in [2.05, 4.69) is 31.4 Å². The maximum absolute atomic E-state index is 11.8. The molecule has 88 valence electrons. The molecule has 5 nitrogen and oxygen atoms in total. The highest BCUT2D eigenvalue weighted by Gasteiger charge is 2.10. The van der Waals surface area contributed by atoms with E-state index in [4.69, 9.17) is 5.73 Å². The molecule has 0 saturated carbocycles. The SMILES string of the molecule is Cc1cc(Br)ccc1NC(=O)c1cc(N)n[nH]1. The van der Waals surface area contributed by atoms with Crippen LogP contribution in [0.1, 0.15) is 16.1 Å². The standard InChI is InChI=1S/C11H11BrN4O/c1-6-4-7(12)2-3-8(6)14-11(17)9-5-10(13)16-15-9/h2-5H,1H3,(H,14,17)(H3,13,15,16). The number of hydrogen-bond acceptors (Lipinski definition) is 3. The van der Waals surface area contributed by atoms with E-state index in [9.17, 15) is 4.79 Å². The van der Waals surface area contributed by atoms with Gasteiger partial charge < -0.3 is 11.1 Å². The molecular formula is C11H11BrN4O. The normalized spacial score (nSPS) is 10.2. The van der Waals surface area contributed by atoms with Crippen molar-refractivity contribution in [2.75, 3.05) is 11.1 Å². The number of benzene rings is 1. The van der Waals surface area contributed by atoms with Crippen molar-refractivity contribution in [1.29, 1.82) is 0 Å². The number of nitrogens with zero attached hydrogens (tertiary/aromatic N) is 1. The molecule has 0 fully saturated rings. The Morgan fingerprint density at radius 2 is 2.24 bits per heavy atom. The minimum atomic E-state index is -0.264. The zero-order valence-corrected chi connectivity index (χ0v) is 10.7. The Morgan fingerprint density at radius 3 is 2.82 bits per heavy atom. The highest BCUT2D eigenvalue weighted by Crippen LogP contribution is 2.20. The fraction of sp³-hybridized carbons (Fsp3) is 0.0909. The van der Waals surface area contributed by atoms with Gasteiger partial charge in [0.15, 0.2) is 0 Å². The Kier molecular flexibility index (Phi) is 3.14. The maximum atomic E-state index is 11.8. The van der Waals surface area contributed by atoms with Crippen LogP contribution < -0.4 is 11.1 Å². The van der Waals surface area contributed by atoms with Gasteiger partial charge in [0, 0.05) is 16.2 Å². The van der Waals surface area contributed by atoms with Gasteiger partial charge in [0.05, 0.1) is 0 Å². The molecule has 1 aromatic carbocycles. The number of aryl methyl sites for hydroxylation is 1. The van der Waals surface area contributed by atoms with Gasteiger partial charge in [-0.2, -0.15) is 5.10 Å². The number of amides is 1. The molecule has 0 aliphatic rings. The van der Waals surface area contributed by atoms with Gasteiger partial charge in [0.25, 0.3) is 5.91 Å². The number of aromatic nitrogens is 2. The Bertz CT molecular complexity index is 564. The summed E-state index contributed by atoms with van der Waals surface area (Å²) in [6, 6.07) is 7.11. The summed E-state index contributed by atoms with van der Waals surface area (Å²) < 4.78 is 0.971. The first-order valence-electron chi connectivity index (χ1n) is 4.94. The molecule has 17 heavy (non-hydrogen) atoms. The fourth-order valence-corrected chi connectivity index (χ4v) is 1.89. The smallest absolute Gasteiger partial charge is 0.273 e. The van der Waals surface area contributed by atoms with Gasteiger partial charge in [-0.25, -0.2) is 0 Å². The minimum Gasteiger partial charge on any atom is -0.382 e. The average Bonchev–Trinajstić information content (AvgIpc) is 2.69. The number of nitrogens with two attached hydrogens (primary N) is 1. The van der Waals surface area contributed by atoms with Crippen LogP contribution in [0.15, 0.2) is 28.7 Å². The van der Waals surface area contributed by atoms with Crippen molar-refractivity contribution >= 4 is 33.3 Å². The molecule has 0 radical (unpaired) electrons. The molecule has 0 aliphatic heterocycles. The van der Waals surface area contributed by atoms with E-state index in [0.29, 0.717) is 11.5 Å². The Morgan fingerprint density at radius 1 is 1.47 bits per heavy atom. The quantitative estimate of drug-likeness (QED) is 0.795. The van der Waals surface area contributed by atoms with Crippen LogP contribution in [0.4, 0.5) is 11.5 Å². The molecule has 4 N–H and O–H groups in total. The van der Waals surface area contributed by atoms with Crippen molar-refractivity contribution in [3.63, 3.8) is 0 Å².